The molecule has 0 bridgehead atoms. The van der Waals surface area contributed by atoms with E-state index < -0.39 is 47.0 Å². The zero-order valence-electron chi connectivity index (χ0n) is 17.4. The summed E-state index contributed by atoms with van der Waals surface area (Å²) in [5.41, 5.74) is 5.07. The number of carbonyl (C=O) groups is 3. The van der Waals surface area contributed by atoms with Crippen LogP contribution in [0.25, 0.3) is 6.08 Å². The fraction of sp³-hybridized carbons (Fsp3) is 0.222. The van der Waals surface area contributed by atoms with Gasteiger partial charge in [-0.15, -0.1) is 34.4 Å². The Labute approximate surface area is 211 Å². The van der Waals surface area contributed by atoms with Crippen LogP contribution in [0.3, 0.4) is 0 Å². The van der Waals surface area contributed by atoms with Crippen molar-refractivity contribution >= 4 is 69.3 Å². The number of nitrogens with one attached hydrogen (secondary N) is 1. The number of nitrogens with two attached hydrogens (primary N) is 1. The summed E-state index contributed by atoms with van der Waals surface area (Å²) in [6, 6.07) is -1.13. The number of allylic oxidation sites excluding steroid dienone is 1. The van der Waals surface area contributed by atoms with E-state index in [9.17, 15) is 32.8 Å². The van der Waals surface area contributed by atoms with E-state index in [0.717, 1.165) is 50.9 Å². The first kappa shape index (κ1) is 25.5. The minimum Gasteiger partial charge on any atom is -0.449 e. The van der Waals surface area contributed by atoms with Crippen molar-refractivity contribution in [3.8, 4) is 0 Å². The maximum absolute atomic E-state index is 13.1. The summed E-state index contributed by atoms with van der Waals surface area (Å²) in [7, 11) is 0. The van der Waals surface area contributed by atoms with Crippen LogP contribution in [0.4, 0.5) is 23.1 Å². The molecule has 2 aliphatic heterocycles. The third-order valence-electron chi connectivity index (χ3n) is 4.80. The van der Waals surface area contributed by atoms with Crippen molar-refractivity contribution in [3.63, 3.8) is 0 Å². The summed E-state index contributed by atoms with van der Waals surface area (Å²) in [6.07, 6.45) is -4.10. The van der Waals surface area contributed by atoms with Crippen molar-refractivity contribution in [1.29, 1.82) is 0 Å². The lowest BCUT2D eigenvalue weighted by Crippen LogP contribution is -2.70. The van der Waals surface area contributed by atoms with E-state index in [1.807, 2.05) is 0 Å². The van der Waals surface area contributed by atoms with Crippen molar-refractivity contribution in [2.75, 3.05) is 11.5 Å². The SMILES string of the molecule is Nc1nc(C(=NO)C(=O)NC2C(=O)N3C(OC(=O)O)=C(C=Cc4scnc4C(F)(F)F)CS[C@@H]23)cs1. The largest absolute Gasteiger partial charge is 0.512 e. The quantitative estimate of drug-likeness (QED) is 0.134. The van der Waals surface area contributed by atoms with Crippen molar-refractivity contribution in [2.24, 2.45) is 5.16 Å². The standard InChI is InChI=1S/C18H13F3N6O6S3/c19-18(20,21)11-8(36-5-23-11)2-1-6-3-34-15-10(13(29)27(15)14(6)33-17(30)31)25-12(28)9(26-32)7-4-35-16(22)24-7/h1-2,4-5,10,15,32H,3H2,(H2,22,24)(H,25,28)(H,30,31)/t10?,15-/m0/s1. The highest BCUT2D eigenvalue weighted by molar-refractivity contribution is 8.00. The Balaban J connectivity index is 1.55. The van der Waals surface area contributed by atoms with Gasteiger partial charge in [-0.05, 0) is 6.08 Å². The molecule has 36 heavy (non-hydrogen) atoms. The van der Waals surface area contributed by atoms with Gasteiger partial charge in [0.15, 0.2) is 16.5 Å². The van der Waals surface area contributed by atoms with Gasteiger partial charge in [-0.1, -0.05) is 11.2 Å². The molecule has 0 spiro atoms. The number of alkyl halides is 3. The van der Waals surface area contributed by atoms with Crippen LogP contribution in [0, 0.1) is 0 Å². The summed E-state index contributed by atoms with van der Waals surface area (Å²) in [4.78, 5) is 44.5. The van der Waals surface area contributed by atoms with Crippen molar-refractivity contribution in [1.82, 2.24) is 20.2 Å². The molecule has 2 amide bonds. The molecule has 2 atom stereocenters. The Hall–Kier alpha value is -3.64. The van der Waals surface area contributed by atoms with Crippen LogP contribution < -0.4 is 11.1 Å². The number of fused-ring (bicyclic) bond motifs is 1. The fourth-order valence-corrected chi connectivity index (χ4v) is 5.82. The minimum absolute atomic E-state index is 0.0130. The highest BCUT2D eigenvalue weighted by Crippen LogP contribution is 2.41. The summed E-state index contributed by atoms with van der Waals surface area (Å²) in [6.45, 7) is 0. The van der Waals surface area contributed by atoms with Gasteiger partial charge in [0, 0.05) is 16.7 Å². The van der Waals surface area contributed by atoms with Crippen molar-refractivity contribution in [3.05, 3.63) is 44.7 Å². The van der Waals surface area contributed by atoms with E-state index in [1.54, 1.807) is 0 Å². The molecule has 1 fully saturated rings. The third-order valence-corrected chi connectivity index (χ3v) is 7.57. The predicted octanol–water partition coefficient (Wildman–Crippen LogP) is 2.40. The van der Waals surface area contributed by atoms with Gasteiger partial charge >= 0.3 is 12.3 Å². The zero-order valence-corrected chi connectivity index (χ0v) is 19.9. The normalized spacial score (nSPS) is 20.4. The Bertz CT molecular complexity index is 1320. The average Bonchev–Trinajstić information content (AvgIpc) is 3.45. The number of aromatic nitrogens is 2. The van der Waals surface area contributed by atoms with E-state index >= 15 is 0 Å². The number of hydrogen-bond acceptors (Lipinski definition) is 12. The Morgan fingerprint density at radius 2 is 2.08 bits per heavy atom. The number of nitrogens with zero attached hydrogens (tertiary/aromatic N) is 4. The van der Waals surface area contributed by atoms with Gasteiger partial charge in [0.25, 0.3) is 11.8 Å². The van der Waals surface area contributed by atoms with E-state index in [-0.39, 0.29) is 32.9 Å². The topological polar surface area (TPSA) is 180 Å². The second-order valence-electron chi connectivity index (χ2n) is 6.98. The van der Waals surface area contributed by atoms with E-state index in [1.165, 1.54) is 11.5 Å². The molecule has 2 aromatic heterocycles. The van der Waals surface area contributed by atoms with Gasteiger partial charge in [-0.2, -0.15) is 13.2 Å². The minimum atomic E-state index is -4.68. The molecular weight excluding hydrogens is 549 g/mol. The number of halogens is 3. The molecule has 4 heterocycles. The number of thioether (sulfide) groups is 1. The molecule has 1 unspecified atom stereocenters. The molecule has 5 N–H and O–H groups in total. The van der Waals surface area contributed by atoms with Gasteiger partial charge in [-0.3, -0.25) is 14.5 Å². The Morgan fingerprint density at radius 3 is 2.69 bits per heavy atom. The number of nitrogen functional groups attached to an aromatic ring is 1. The molecule has 1 saturated heterocycles. The average molecular weight is 563 g/mol. The summed E-state index contributed by atoms with van der Waals surface area (Å²) >= 11 is 2.84. The highest BCUT2D eigenvalue weighted by Gasteiger charge is 2.54. The zero-order chi connectivity index (χ0) is 26.2. The van der Waals surface area contributed by atoms with Crippen molar-refractivity contribution < 1.29 is 42.6 Å². The van der Waals surface area contributed by atoms with Crippen molar-refractivity contribution in [2.45, 2.75) is 17.6 Å². The lowest BCUT2D eigenvalue weighted by atomic mass is 10.1. The Kier molecular flexibility index (Phi) is 6.92. The smallest absolute Gasteiger partial charge is 0.449 e. The molecule has 18 heteroatoms. The van der Waals surface area contributed by atoms with Crippen LogP contribution in [0.1, 0.15) is 16.3 Å². The molecule has 0 radical (unpaired) electrons. The molecule has 2 aliphatic rings. The maximum Gasteiger partial charge on any atom is 0.512 e. The number of anilines is 1. The first-order valence-corrected chi connectivity index (χ1v) is 12.3. The number of hydrogen-bond donors (Lipinski definition) is 4. The van der Waals surface area contributed by atoms with Crippen LogP contribution >= 0.6 is 34.4 Å². The molecule has 0 saturated carbocycles. The number of β-lactam (4-membered cyclic amide) rings is 1. The first-order chi connectivity index (χ1) is 17.0. The number of rotatable bonds is 6. The number of carboxylic acid groups (broad SMARTS) is 1. The number of thiazole rings is 2. The first-order valence-electron chi connectivity index (χ1n) is 9.53. The predicted molar refractivity (Wildman–Crippen MR) is 122 cm³/mol. The van der Waals surface area contributed by atoms with Gasteiger partial charge < -0.3 is 26.1 Å². The molecule has 0 aromatic carbocycles. The van der Waals surface area contributed by atoms with Crippen LogP contribution in [0.15, 0.2) is 33.6 Å². The molecule has 12 nitrogen and oxygen atoms in total. The number of ether oxygens (including phenoxy) is 1. The molecule has 4 rings (SSSR count). The monoisotopic (exact) mass is 562 g/mol. The number of carbonyl (C=O) groups excluding carboxylic acids is 2. The molecule has 190 valence electrons. The third kappa shape index (κ3) is 4.86. The summed E-state index contributed by atoms with van der Waals surface area (Å²) in [5, 5.41) is 24.4. The highest BCUT2D eigenvalue weighted by atomic mass is 32.2. The van der Waals surface area contributed by atoms with E-state index in [0.29, 0.717) is 0 Å². The number of amides is 2. The van der Waals surface area contributed by atoms with Gasteiger partial charge in [0.05, 0.1) is 10.4 Å². The van der Waals surface area contributed by atoms with Gasteiger partial charge in [0.2, 0.25) is 5.88 Å². The van der Waals surface area contributed by atoms with E-state index in [4.69, 9.17) is 15.6 Å². The van der Waals surface area contributed by atoms with Crippen LogP contribution in [0.2, 0.25) is 0 Å². The van der Waals surface area contributed by atoms with Gasteiger partial charge in [0.1, 0.15) is 17.1 Å². The lowest BCUT2D eigenvalue weighted by molar-refractivity contribution is -0.148. The van der Waals surface area contributed by atoms with E-state index in [2.05, 4.69) is 20.4 Å². The van der Waals surface area contributed by atoms with Crippen LogP contribution in [-0.2, 0) is 20.5 Å². The second kappa shape index (κ2) is 9.78. The van der Waals surface area contributed by atoms with Gasteiger partial charge in [-0.25, -0.2) is 14.8 Å². The maximum atomic E-state index is 13.1. The second-order valence-corrected chi connectivity index (χ2v) is 9.86. The van der Waals surface area contributed by atoms with Crippen LogP contribution in [0.5, 0.6) is 0 Å². The molecular formula is C18H13F3N6O6S3. The molecule has 0 aliphatic carbocycles. The fourth-order valence-electron chi connectivity index (χ4n) is 3.27. The lowest BCUT2D eigenvalue weighted by Gasteiger charge is -2.48. The Morgan fingerprint density at radius 1 is 1.33 bits per heavy atom. The summed E-state index contributed by atoms with van der Waals surface area (Å²) in [5.74, 6) is -2.02. The number of oxime groups is 1. The summed E-state index contributed by atoms with van der Waals surface area (Å²) < 4.78 is 44.0. The van der Waals surface area contributed by atoms with Crippen LogP contribution in [-0.4, -0.2) is 66.0 Å². The molecule has 2 aromatic rings.